The minimum atomic E-state index is -0.401. The van der Waals surface area contributed by atoms with E-state index in [-0.39, 0.29) is 22.9 Å². The molecule has 0 bridgehead atoms. The Labute approximate surface area is 156 Å². The van der Waals surface area contributed by atoms with E-state index in [0.717, 1.165) is 0 Å². The second kappa shape index (κ2) is 7.97. The second-order valence-electron chi connectivity index (χ2n) is 5.81. The van der Waals surface area contributed by atoms with Crippen molar-refractivity contribution in [2.24, 2.45) is 5.73 Å². The standard InChI is InChI=1S/C21H18N4O2/c22-19(23)18-13-14(20(26)24-15-7-3-1-4-8-15)11-12-17(18)21(27)25-16-9-5-2-6-10-16/h1-13H,(H3,22,23)(H,24,26)(H,25,27). The van der Waals surface area contributed by atoms with Crippen LogP contribution in [-0.2, 0) is 0 Å². The van der Waals surface area contributed by atoms with Crippen molar-refractivity contribution in [3.8, 4) is 0 Å². The van der Waals surface area contributed by atoms with Crippen LogP contribution in [0.5, 0.6) is 0 Å². The van der Waals surface area contributed by atoms with Crippen molar-refractivity contribution in [1.82, 2.24) is 0 Å². The molecule has 5 N–H and O–H groups in total. The molecule has 0 fully saturated rings. The maximum absolute atomic E-state index is 12.5. The molecule has 27 heavy (non-hydrogen) atoms. The van der Waals surface area contributed by atoms with Crippen LogP contribution in [0.25, 0.3) is 0 Å². The first-order valence-corrected chi connectivity index (χ1v) is 8.26. The topological polar surface area (TPSA) is 108 Å². The minimum absolute atomic E-state index is 0.198. The number of hydrogen-bond acceptors (Lipinski definition) is 3. The number of carbonyl (C=O) groups is 2. The molecule has 0 aliphatic rings. The van der Waals surface area contributed by atoms with Crippen LogP contribution in [-0.4, -0.2) is 17.6 Å². The zero-order valence-corrected chi connectivity index (χ0v) is 14.4. The van der Waals surface area contributed by atoms with Crippen LogP contribution in [0.3, 0.4) is 0 Å². The molecule has 3 aromatic carbocycles. The zero-order valence-electron chi connectivity index (χ0n) is 14.4. The molecule has 0 aromatic heterocycles. The average Bonchev–Trinajstić information content (AvgIpc) is 2.69. The van der Waals surface area contributed by atoms with Gasteiger partial charge in [0.15, 0.2) is 0 Å². The lowest BCUT2D eigenvalue weighted by atomic mass is 10.0. The Hall–Kier alpha value is -3.93. The number of anilines is 2. The van der Waals surface area contributed by atoms with Gasteiger partial charge in [0.25, 0.3) is 11.8 Å². The number of nitrogens with two attached hydrogens (primary N) is 1. The predicted octanol–water partition coefficient (Wildman–Crippen LogP) is 3.48. The Morgan fingerprint density at radius 1 is 0.704 bits per heavy atom. The number of para-hydroxylation sites is 2. The van der Waals surface area contributed by atoms with Gasteiger partial charge < -0.3 is 16.4 Å². The summed E-state index contributed by atoms with van der Waals surface area (Å²) in [6, 6.07) is 22.5. The zero-order chi connectivity index (χ0) is 19.2. The minimum Gasteiger partial charge on any atom is -0.384 e. The lowest BCUT2D eigenvalue weighted by molar-refractivity contribution is 0.101. The molecular formula is C21H18N4O2. The van der Waals surface area contributed by atoms with Gasteiger partial charge in [0.2, 0.25) is 0 Å². The maximum Gasteiger partial charge on any atom is 0.256 e. The quantitative estimate of drug-likeness (QED) is 0.414. The Morgan fingerprint density at radius 3 is 1.74 bits per heavy atom. The van der Waals surface area contributed by atoms with Gasteiger partial charge in [-0.3, -0.25) is 15.0 Å². The largest absolute Gasteiger partial charge is 0.384 e. The number of benzene rings is 3. The lowest BCUT2D eigenvalue weighted by Gasteiger charge is -2.12. The van der Waals surface area contributed by atoms with Crippen LogP contribution in [0.2, 0.25) is 0 Å². The highest BCUT2D eigenvalue weighted by Gasteiger charge is 2.17. The number of hydrogen-bond donors (Lipinski definition) is 4. The van der Waals surface area contributed by atoms with Gasteiger partial charge in [-0.25, -0.2) is 0 Å². The summed E-state index contributed by atoms with van der Waals surface area (Å²) < 4.78 is 0. The summed E-state index contributed by atoms with van der Waals surface area (Å²) in [4.78, 5) is 25.0. The van der Waals surface area contributed by atoms with E-state index in [2.05, 4.69) is 10.6 Å². The molecule has 3 aromatic rings. The van der Waals surface area contributed by atoms with E-state index in [4.69, 9.17) is 11.1 Å². The van der Waals surface area contributed by atoms with Crippen LogP contribution in [0.15, 0.2) is 78.9 Å². The Bertz CT molecular complexity index is 986. The summed E-state index contributed by atoms with van der Waals surface area (Å²) in [5, 5.41) is 13.3. The molecule has 2 amide bonds. The van der Waals surface area contributed by atoms with Crippen LogP contribution in [0.1, 0.15) is 26.3 Å². The summed E-state index contributed by atoms with van der Waals surface area (Å²) in [5.41, 5.74) is 7.65. The third kappa shape index (κ3) is 4.38. The molecule has 0 atom stereocenters. The highest BCUT2D eigenvalue weighted by Crippen LogP contribution is 2.16. The maximum atomic E-state index is 12.5. The van der Waals surface area contributed by atoms with Gasteiger partial charge in [-0.1, -0.05) is 36.4 Å². The summed E-state index contributed by atoms with van der Waals surface area (Å²) in [6.07, 6.45) is 0. The highest BCUT2D eigenvalue weighted by atomic mass is 16.2. The van der Waals surface area contributed by atoms with Gasteiger partial charge in [-0.2, -0.15) is 0 Å². The number of nitrogen functional groups attached to an aromatic ring is 1. The number of amides is 2. The molecule has 3 rings (SSSR count). The molecule has 0 unspecified atom stereocenters. The molecule has 134 valence electrons. The molecular weight excluding hydrogens is 340 g/mol. The van der Waals surface area contributed by atoms with Crippen molar-refractivity contribution in [3.63, 3.8) is 0 Å². The monoisotopic (exact) mass is 358 g/mol. The summed E-state index contributed by atoms with van der Waals surface area (Å²) in [6.45, 7) is 0. The van der Waals surface area contributed by atoms with E-state index >= 15 is 0 Å². The van der Waals surface area contributed by atoms with E-state index in [9.17, 15) is 9.59 Å². The van der Waals surface area contributed by atoms with Crippen LogP contribution in [0, 0.1) is 5.41 Å². The fourth-order valence-electron chi connectivity index (χ4n) is 2.55. The number of nitrogens with one attached hydrogen (secondary N) is 3. The molecule has 0 heterocycles. The molecule has 0 radical (unpaired) electrons. The first-order valence-electron chi connectivity index (χ1n) is 8.26. The van der Waals surface area contributed by atoms with Crippen LogP contribution < -0.4 is 16.4 Å². The smallest absolute Gasteiger partial charge is 0.256 e. The molecule has 0 aliphatic carbocycles. The van der Waals surface area contributed by atoms with Crippen LogP contribution in [0.4, 0.5) is 11.4 Å². The van der Waals surface area contributed by atoms with Gasteiger partial charge in [0.1, 0.15) is 5.84 Å². The van der Waals surface area contributed by atoms with E-state index in [1.165, 1.54) is 18.2 Å². The highest BCUT2D eigenvalue weighted by molar-refractivity contribution is 6.14. The van der Waals surface area contributed by atoms with Gasteiger partial charge in [-0.05, 0) is 42.5 Å². The molecule has 6 heteroatoms. The third-order valence-electron chi connectivity index (χ3n) is 3.88. The fourth-order valence-corrected chi connectivity index (χ4v) is 2.55. The Morgan fingerprint density at radius 2 is 1.22 bits per heavy atom. The lowest BCUT2D eigenvalue weighted by Crippen LogP contribution is -2.22. The molecule has 6 nitrogen and oxygen atoms in total. The fraction of sp³-hybridized carbons (Fsp3) is 0. The average molecular weight is 358 g/mol. The van der Waals surface area contributed by atoms with Gasteiger partial charge in [0, 0.05) is 22.5 Å². The van der Waals surface area contributed by atoms with Crippen LogP contribution >= 0.6 is 0 Å². The first kappa shape index (κ1) is 17.9. The number of amidine groups is 1. The summed E-state index contributed by atoms with van der Waals surface area (Å²) in [5.74, 6) is -1.04. The SMILES string of the molecule is N=C(N)c1cc(C(=O)Nc2ccccc2)ccc1C(=O)Nc1ccccc1. The summed E-state index contributed by atoms with van der Waals surface area (Å²) >= 11 is 0. The summed E-state index contributed by atoms with van der Waals surface area (Å²) in [7, 11) is 0. The van der Waals surface area contributed by atoms with Gasteiger partial charge >= 0.3 is 0 Å². The number of rotatable bonds is 5. The molecule has 0 aliphatic heterocycles. The van der Waals surface area contributed by atoms with Crippen molar-refractivity contribution in [1.29, 1.82) is 5.41 Å². The van der Waals surface area contributed by atoms with Crippen molar-refractivity contribution < 1.29 is 9.59 Å². The van der Waals surface area contributed by atoms with Crippen molar-refractivity contribution in [2.45, 2.75) is 0 Å². The molecule has 0 spiro atoms. The first-order chi connectivity index (χ1) is 13.0. The van der Waals surface area contributed by atoms with Crippen molar-refractivity contribution in [3.05, 3.63) is 95.6 Å². The van der Waals surface area contributed by atoms with Crippen molar-refractivity contribution >= 4 is 29.0 Å². The Balaban J connectivity index is 1.85. The van der Waals surface area contributed by atoms with E-state index < -0.39 is 5.91 Å². The third-order valence-corrected chi connectivity index (χ3v) is 3.88. The molecule has 0 saturated heterocycles. The van der Waals surface area contributed by atoms with E-state index in [1.54, 1.807) is 36.4 Å². The van der Waals surface area contributed by atoms with Crippen molar-refractivity contribution in [2.75, 3.05) is 10.6 Å². The van der Waals surface area contributed by atoms with Gasteiger partial charge in [0.05, 0.1) is 5.56 Å². The normalized spacial score (nSPS) is 10.1. The van der Waals surface area contributed by atoms with E-state index in [0.29, 0.717) is 16.9 Å². The van der Waals surface area contributed by atoms with Gasteiger partial charge in [-0.15, -0.1) is 0 Å². The molecule has 0 saturated carbocycles. The predicted molar refractivity (Wildman–Crippen MR) is 106 cm³/mol. The van der Waals surface area contributed by atoms with E-state index in [1.807, 2.05) is 24.3 Å². The second-order valence-corrected chi connectivity index (χ2v) is 5.81. The number of carbonyl (C=O) groups excluding carboxylic acids is 2. The Kier molecular flexibility index (Phi) is 5.28.